The molecule has 0 fully saturated rings. The van der Waals surface area contributed by atoms with E-state index < -0.39 is 0 Å². The second-order valence-electron chi connectivity index (χ2n) is 10.0. The molecule has 0 spiro atoms. The predicted molar refractivity (Wildman–Crippen MR) is 173 cm³/mol. The molecule has 0 aromatic heterocycles. The maximum absolute atomic E-state index is 11.5. The molecule has 0 saturated heterocycles. The Morgan fingerprint density at radius 1 is 0.571 bits per heavy atom. The van der Waals surface area contributed by atoms with Gasteiger partial charge in [-0.1, -0.05) is 152 Å². The topological polar surface area (TPSA) is 51.0 Å². The van der Waals surface area contributed by atoms with Gasteiger partial charge in [0.15, 0.2) is 0 Å². The van der Waals surface area contributed by atoms with Crippen LogP contribution < -0.4 is 0 Å². The highest BCUT2D eigenvalue weighted by Crippen LogP contribution is 2.22. The van der Waals surface area contributed by atoms with E-state index in [4.69, 9.17) is 14.5 Å². The first kappa shape index (κ1) is 29.0. The summed E-state index contributed by atoms with van der Waals surface area (Å²) in [4.78, 5) is 10.6. The number of hydrogen-bond donors (Lipinski definition) is 0. The molecule has 0 saturated carbocycles. The Morgan fingerprint density at radius 2 is 0.976 bits per heavy atom. The van der Waals surface area contributed by atoms with Crippen LogP contribution in [0.25, 0.3) is 0 Å². The van der Waals surface area contributed by atoms with Crippen molar-refractivity contribution in [3.05, 3.63) is 179 Å². The molecule has 2 atom stereocenters. The lowest BCUT2D eigenvalue weighted by molar-refractivity contribution is 0.247. The van der Waals surface area contributed by atoms with Gasteiger partial charge < -0.3 is 0 Å². The van der Waals surface area contributed by atoms with Crippen LogP contribution in [-0.4, -0.2) is 30.6 Å². The smallest absolute Gasteiger partial charge is 0.294 e. The summed E-state index contributed by atoms with van der Waals surface area (Å²) in [5.41, 5.74) is 7.17. The Bertz CT molecular complexity index is 1490. The van der Waals surface area contributed by atoms with Gasteiger partial charge in [-0.2, -0.15) is 0 Å². The first-order valence-electron chi connectivity index (χ1n) is 14.1. The van der Waals surface area contributed by atoms with Crippen molar-refractivity contribution >= 4 is 20.1 Å². The maximum atomic E-state index is 11.5. The van der Waals surface area contributed by atoms with Gasteiger partial charge >= 0.3 is 8.69 Å². The zero-order valence-corrected chi connectivity index (χ0v) is 24.3. The SMILES string of the molecule is O=POCC(CN=C(c1ccccc1)c1ccccc1)C(Cc1ccccc1)N=C(c1ccccc1)c1ccccc1. The molecule has 5 heteroatoms. The first-order valence-corrected chi connectivity index (χ1v) is 14.9. The van der Waals surface area contributed by atoms with Gasteiger partial charge in [0.05, 0.1) is 24.1 Å². The van der Waals surface area contributed by atoms with Gasteiger partial charge in [0.25, 0.3) is 0 Å². The molecular weight excluding hydrogens is 535 g/mol. The number of rotatable bonds is 13. The molecule has 2 unspecified atom stereocenters. The molecule has 0 aliphatic rings. The highest BCUT2D eigenvalue weighted by atomic mass is 31.1. The molecule has 4 nitrogen and oxygen atoms in total. The molecule has 5 rings (SSSR count). The van der Waals surface area contributed by atoms with Gasteiger partial charge in [0.2, 0.25) is 0 Å². The molecule has 208 valence electrons. The minimum Gasteiger partial charge on any atom is -0.294 e. The average molecular weight is 569 g/mol. The predicted octanol–water partition coefficient (Wildman–Crippen LogP) is 8.51. The normalized spacial score (nSPS) is 12.3. The van der Waals surface area contributed by atoms with Crippen molar-refractivity contribution in [1.29, 1.82) is 0 Å². The summed E-state index contributed by atoms with van der Waals surface area (Å²) in [5, 5.41) is 0. The Balaban J connectivity index is 1.60. The zero-order chi connectivity index (χ0) is 28.8. The largest absolute Gasteiger partial charge is 0.327 e. The Morgan fingerprint density at radius 3 is 1.40 bits per heavy atom. The van der Waals surface area contributed by atoms with Crippen LogP contribution in [0.15, 0.2) is 162 Å². The summed E-state index contributed by atoms with van der Waals surface area (Å²) < 4.78 is 17.1. The minimum absolute atomic E-state index is 0.142. The van der Waals surface area contributed by atoms with E-state index in [1.165, 1.54) is 5.56 Å². The van der Waals surface area contributed by atoms with E-state index in [0.717, 1.165) is 33.7 Å². The van der Waals surface area contributed by atoms with E-state index in [1.807, 2.05) is 91.0 Å². The molecule has 42 heavy (non-hydrogen) atoms. The van der Waals surface area contributed by atoms with Crippen molar-refractivity contribution < 1.29 is 9.09 Å². The Labute approximate surface area is 249 Å². The van der Waals surface area contributed by atoms with Crippen LogP contribution in [0.3, 0.4) is 0 Å². The van der Waals surface area contributed by atoms with Crippen LogP contribution in [0.2, 0.25) is 0 Å². The fourth-order valence-electron chi connectivity index (χ4n) is 5.01. The molecule has 0 radical (unpaired) electrons. The van der Waals surface area contributed by atoms with Gasteiger partial charge in [-0.15, -0.1) is 0 Å². The second kappa shape index (κ2) is 15.5. The average Bonchev–Trinajstić information content (AvgIpc) is 3.07. The highest BCUT2D eigenvalue weighted by Gasteiger charge is 2.24. The van der Waals surface area contributed by atoms with Crippen molar-refractivity contribution in [3.8, 4) is 0 Å². The van der Waals surface area contributed by atoms with E-state index >= 15 is 0 Å². The molecule has 5 aromatic carbocycles. The molecule has 0 N–H and O–H groups in total. The van der Waals surface area contributed by atoms with Crippen LogP contribution >= 0.6 is 8.69 Å². The lowest BCUT2D eigenvalue weighted by atomic mass is 9.92. The molecule has 5 aromatic rings. The number of aliphatic imine (C=N–C) groups is 2. The van der Waals surface area contributed by atoms with E-state index in [9.17, 15) is 4.57 Å². The van der Waals surface area contributed by atoms with Crippen LogP contribution in [-0.2, 0) is 15.5 Å². The lowest BCUT2D eigenvalue weighted by Crippen LogP contribution is -2.29. The molecular formula is C37H33N2O2P. The molecule has 0 amide bonds. The minimum atomic E-state index is -0.352. The standard InChI is InChI=1S/C37H33N2O2P/c40-42-41-28-34(27-38-36(30-18-8-2-9-19-30)31-20-10-3-11-21-31)35(26-29-16-6-1-7-17-29)39-37(32-22-12-4-13-23-32)33-24-14-5-15-25-33/h1-25,34-35H,26-28H2. The monoisotopic (exact) mass is 568 g/mol. The van der Waals surface area contributed by atoms with Gasteiger partial charge in [0, 0.05) is 34.7 Å². The van der Waals surface area contributed by atoms with E-state index in [0.29, 0.717) is 13.0 Å². The van der Waals surface area contributed by atoms with Crippen LogP contribution in [0.5, 0.6) is 0 Å². The fraction of sp³-hybridized carbons (Fsp3) is 0.135. The van der Waals surface area contributed by atoms with Crippen LogP contribution in [0, 0.1) is 5.92 Å². The first-order chi connectivity index (χ1) is 20.8. The van der Waals surface area contributed by atoms with Crippen molar-refractivity contribution in [2.24, 2.45) is 15.9 Å². The van der Waals surface area contributed by atoms with Crippen molar-refractivity contribution in [2.75, 3.05) is 13.2 Å². The molecule has 0 heterocycles. The number of nitrogens with zero attached hydrogens (tertiary/aromatic N) is 2. The summed E-state index contributed by atoms with van der Waals surface area (Å²) in [7, 11) is -0.352. The third-order valence-electron chi connectivity index (χ3n) is 7.14. The lowest BCUT2D eigenvalue weighted by Gasteiger charge is -2.24. The summed E-state index contributed by atoms with van der Waals surface area (Å²) in [5.74, 6) is -0.142. The number of benzene rings is 5. The summed E-state index contributed by atoms with van der Waals surface area (Å²) >= 11 is 0. The molecule has 0 bridgehead atoms. The summed E-state index contributed by atoms with van der Waals surface area (Å²) in [6.07, 6.45) is 0.690. The van der Waals surface area contributed by atoms with Gasteiger partial charge in [-0.3, -0.25) is 14.5 Å². The summed E-state index contributed by atoms with van der Waals surface area (Å²) in [6, 6.07) is 51.2. The van der Waals surface area contributed by atoms with Gasteiger partial charge in [-0.05, 0) is 12.0 Å². The Hall–Kier alpha value is -4.50. The highest BCUT2D eigenvalue weighted by molar-refractivity contribution is 7.17. The summed E-state index contributed by atoms with van der Waals surface area (Å²) in [6.45, 7) is 0.704. The fourth-order valence-corrected chi connectivity index (χ4v) is 5.26. The maximum Gasteiger partial charge on any atom is 0.327 e. The zero-order valence-electron chi connectivity index (χ0n) is 23.4. The Kier molecular flexibility index (Phi) is 10.7. The van der Waals surface area contributed by atoms with E-state index in [-0.39, 0.29) is 27.3 Å². The van der Waals surface area contributed by atoms with Crippen LogP contribution in [0.1, 0.15) is 27.8 Å². The van der Waals surface area contributed by atoms with E-state index in [2.05, 4.69) is 60.7 Å². The molecule has 0 aliphatic heterocycles. The van der Waals surface area contributed by atoms with Gasteiger partial charge in [0.1, 0.15) is 0 Å². The third-order valence-corrected chi connectivity index (χ3v) is 7.40. The molecule has 0 aliphatic carbocycles. The third kappa shape index (κ3) is 8.04. The van der Waals surface area contributed by atoms with Crippen molar-refractivity contribution in [1.82, 2.24) is 0 Å². The van der Waals surface area contributed by atoms with Crippen LogP contribution in [0.4, 0.5) is 0 Å². The van der Waals surface area contributed by atoms with Gasteiger partial charge in [-0.25, -0.2) is 4.57 Å². The van der Waals surface area contributed by atoms with Crippen molar-refractivity contribution in [2.45, 2.75) is 12.5 Å². The van der Waals surface area contributed by atoms with Crippen molar-refractivity contribution in [3.63, 3.8) is 0 Å². The second-order valence-corrected chi connectivity index (χ2v) is 10.4. The quantitative estimate of drug-likeness (QED) is 0.106. The number of hydrogen-bond acceptors (Lipinski definition) is 4. The van der Waals surface area contributed by atoms with E-state index in [1.54, 1.807) is 0 Å².